The van der Waals surface area contributed by atoms with Crippen LogP contribution in [-0.2, 0) is 12.8 Å². The van der Waals surface area contributed by atoms with Crippen molar-refractivity contribution in [2.75, 3.05) is 12.3 Å². The van der Waals surface area contributed by atoms with E-state index in [0.29, 0.717) is 0 Å². The monoisotopic (exact) mass is 215 g/mol. The van der Waals surface area contributed by atoms with Gasteiger partial charge in [-0.3, -0.25) is 0 Å². The number of nitrogens with two attached hydrogens (primary N) is 1. The molecule has 0 fully saturated rings. The van der Waals surface area contributed by atoms with E-state index in [-0.39, 0.29) is 0 Å². The van der Waals surface area contributed by atoms with Crippen LogP contribution in [0.1, 0.15) is 24.3 Å². The molecule has 0 aliphatic heterocycles. The van der Waals surface area contributed by atoms with Gasteiger partial charge in [0, 0.05) is 4.88 Å². The van der Waals surface area contributed by atoms with Crippen LogP contribution < -0.4 is 5.73 Å². The summed E-state index contributed by atoms with van der Waals surface area (Å²) in [7, 11) is 0. The summed E-state index contributed by atoms with van der Waals surface area (Å²) in [4.78, 5) is 1.49. The second-order valence-electron chi connectivity index (χ2n) is 2.85. The van der Waals surface area contributed by atoms with Crippen molar-refractivity contribution in [1.29, 1.82) is 0 Å². The Morgan fingerprint density at radius 2 is 2.23 bits per heavy atom. The second kappa shape index (κ2) is 5.68. The van der Waals surface area contributed by atoms with Gasteiger partial charge in [0.1, 0.15) is 0 Å². The fourth-order valence-electron chi connectivity index (χ4n) is 1.22. The van der Waals surface area contributed by atoms with Crippen LogP contribution in [-0.4, -0.2) is 12.3 Å². The number of thioether (sulfide) groups is 1. The van der Waals surface area contributed by atoms with Crippen molar-refractivity contribution in [2.24, 2.45) is 5.73 Å². The molecule has 0 saturated carbocycles. The molecule has 1 heterocycles. The predicted octanol–water partition coefficient (Wildman–Crippen LogP) is 2.92. The summed E-state index contributed by atoms with van der Waals surface area (Å²) in [6, 6.07) is 2.32. The van der Waals surface area contributed by atoms with E-state index in [0.717, 1.165) is 25.1 Å². The maximum atomic E-state index is 5.57. The highest BCUT2D eigenvalue weighted by molar-refractivity contribution is 8.01. The third-order valence-corrected chi connectivity index (χ3v) is 4.39. The minimum atomic E-state index is 0.761. The first-order valence-corrected chi connectivity index (χ1v) is 6.56. The van der Waals surface area contributed by atoms with Crippen molar-refractivity contribution in [2.45, 2.75) is 30.9 Å². The molecular weight excluding hydrogens is 198 g/mol. The van der Waals surface area contributed by atoms with Gasteiger partial charge in [-0.15, -0.1) is 23.1 Å². The first-order valence-electron chi connectivity index (χ1n) is 4.76. The van der Waals surface area contributed by atoms with E-state index in [2.05, 4.69) is 19.9 Å². The Labute approximate surface area is 88.7 Å². The molecule has 1 aromatic heterocycles. The van der Waals surface area contributed by atoms with E-state index in [4.69, 9.17) is 5.73 Å². The maximum Gasteiger partial charge on any atom is 0.0633 e. The van der Waals surface area contributed by atoms with Crippen molar-refractivity contribution in [3.63, 3.8) is 0 Å². The van der Waals surface area contributed by atoms with Gasteiger partial charge >= 0.3 is 0 Å². The first-order chi connectivity index (χ1) is 6.31. The zero-order chi connectivity index (χ0) is 9.68. The van der Waals surface area contributed by atoms with Crippen LogP contribution in [0, 0.1) is 0 Å². The largest absolute Gasteiger partial charge is 0.330 e. The molecule has 1 nitrogen and oxygen atoms in total. The van der Waals surface area contributed by atoms with Crippen molar-refractivity contribution in [1.82, 2.24) is 0 Å². The van der Waals surface area contributed by atoms with Gasteiger partial charge in [0.15, 0.2) is 0 Å². The van der Waals surface area contributed by atoms with Crippen molar-refractivity contribution in [3.8, 4) is 0 Å². The smallest absolute Gasteiger partial charge is 0.0633 e. The van der Waals surface area contributed by atoms with Gasteiger partial charge in [-0.25, -0.2) is 0 Å². The number of thiophene rings is 1. The van der Waals surface area contributed by atoms with Gasteiger partial charge in [0.25, 0.3) is 0 Å². The quantitative estimate of drug-likeness (QED) is 0.764. The molecule has 1 aromatic rings. The Hall–Kier alpha value is 0.01000. The Morgan fingerprint density at radius 1 is 1.46 bits per heavy atom. The van der Waals surface area contributed by atoms with Gasteiger partial charge in [-0.2, -0.15) is 0 Å². The third-order valence-electron chi connectivity index (χ3n) is 1.86. The molecule has 13 heavy (non-hydrogen) atoms. The van der Waals surface area contributed by atoms with Gasteiger partial charge in [0.2, 0.25) is 0 Å². The minimum absolute atomic E-state index is 0.761. The molecule has 0 unspecified atom stereocenters. The van der Waals surface area contributed by atoms with Crippen LogP contribution in [0.2, 0.25) is 0 Å². The highest BCUT2D eigenvalue weighted by Crippen LogP contribution is 2.32. The van der Waals surface area contributed by atoms with Gasteiger partial charge in [-0.1, -0.05) is 13.8 Å². The molecule has 2 N–H and O–H groups in total. The lowest BCUT2D eigenvalue weighted by Gasteiger charge is -1.98. The highest BCUT2D eigenvalue weighted by Gasteiger charge is 2.06. The normalized spacial score (nSPS) is 10.7. The van der Waals surface area contributed by atoms with Gasteiger partial charge < -0.3 is 5.73 Å². The van der Waals surface area contributed by atoms with Crippen LogP contribution in [0.4, 0.5) is 0 Å². The summed E-state index contributed by atoms with van der Waals surface area (Å²) in [5, 5.41) is 0. The lowest BCUT2D eigenvalue weighted by atomic mass is 10.2. The lowest BCUT2D eigenvalue weighted by molar-refractivity contribution is 0.955. The predicted molar refractivity (Wildman–Crippen MR) is 62.9 cm³/mol. The summed E-state index contributed by atoms with van der Waals surface area (Å²) < 4.78 is 1.48. The average molecular weight is 215 g/mol. The molecule has 0 aliphatic rings. The fourth-order valence-corrected chi connectivity index (χ4v) is 3.62. The molecule has 0 amide bonds. The van der Waals surface area contributed by atoms with Crippen molar-refractivity contribution < 1.29 is 0 Å². The lowest BCUT2D eigenvalue weighted by Crippen LogP contribution is -2.02. The standard InChI is InChI=1S/C10H17NS2/c1-3-9-7-8(5-6-11)10(13-9)12-4-2/h7H,3-6,11H2,1-2H3. The summed E-state index contributed by atoms with van der Waals surface area (Å²) in [5.74, 6) is 1.15. The van der Waals surface area contributed by atoms with Crippen LogP contribution in [0.3, 0.4) is 0 Å². The van der Waals surface area contributed by atoms with Gasteiger partial charge in [0.05, 0.1) is 4.21 Å². The average Bonchev–Trinajstić information content (AvgIpc) is 2.50. The van der Waals surface area contributed by atoms with Crippen molar-refractivity contribution in [3.05, 3.63) is 16.5 Å². The number of rotatable bonds is 5. The molecule has 0 aliphatic carbocycles. The summed E-state index contributed by atoms with van der Waals surface area (Å²) in [5.41, 5.74) is 7.03. The summed E-state index contributed by atoms with van der Waals surface area (Å²) in [6.07, 6.45) is 2.17. The van der Waals surface area contributed by atoms with E-state index >= 15 is 0 Å². The molecule has 0 atom stereocenters. The molecule has 0 bridgehead atoms. The number of hydrogen-bond acceptors (Lipinski definition) is 3. The van der Waals surface area contributed by atoms with E-state index in [1.165, 1.54) is 14.6 Å². The second-order valence-corrected chi connectivity index (χ2v) is 5.52. The van der Waals surface area contributed by atoms with Crippen LogP contribution >= 0.6 is 23.1 Å². The topological polar surface area (TPSA) is 26.0 Å². The van der Waals surface area contributed by atoms with Crippen LogP contribution in [0.15, 0.2) is 10.3 Å². The molecule has 74 valence electrons. The minimum Gasteiger partial charge on any atom is -0.330 e. The van der Waals surface area contributed by atoms with Crippen molar-refractivity contribution >= 4 is 23.1 Å². The third kappa shape index (κ3) is 3.01. The number of aryl methyl sites for hydroxylation is 1. The Balaban J connectivity index is 2.79. The Bertz CT molecular complexity index is 232. The molecule has 0 spiro atoms. The van der Waals surface area contributed by atoms with Crippen LogP contribution in [0.5, 0.6) is 0 Å². The summed E-state index contributed by atoms with van der Waals surface area (Å²) >= 11 is 3.87. The molecule has 3 heteroatoms. The van der Waals surface area contributed by atoms with E-state index in [9.17, 15) is 0 Å². The number of hydrogen-bond donors (Lipinski definition) is 1. The molecular formula is C10H17NS2. The molecule has 0 saturated heterocycles. The molecule has 0 aromatic carbocycles. The van der Waals surface area contributed by atoms with Crippen LogP contribution in [0.25, 0.3) is 0 Å². The fraction of sp³-hybridized carbons (Fsp3) is 0.600. The molecule has 0 radical (unpaired) electrons. The SMILES string of the molecule is CCSc1sc(CC)cc1CCN. The first kappa shape index (κ1) is 11.1. The zero-order valence-corrected chi connectivity index (χ0v) is 9.93. The maximum absolute atomic E-state index is 5.57. The van der Waals surface area contributed by atoms with E-state index < -0.39 is 0 Å². The van der Waals surface area contributed by atoms with Gasteiger partial charge in [-0.05, 0) is 36.8 Å². The van der Waals surface area contributed by atoms with E-state index in [1.807, 2.05) is 23.1 Å². The highest BCUT2D eigenvalue weighted by atomic mass is 32.2. The molecule has 1 rings (SSSR count). The Morgan fingerprint density at radius 3 is 2.77 bits per heavy atom. The zero-order valence-electron chi connectivity index (χ0n) is 8.30. The Kier molecular flexibility index (Phi) is 4.84. The summed E-state index contributed by atoms with van der Waals surface area (Å²) in [6.45, 7) is 5.16. The van der Waals surface area contributed by atoms with E-state index in [1.54, 1.807) is 0 Å².